The molecule has 1 aromatic heterocycles. The first-order valence-corrected chi connectivity index (χ1v) is 8.66. The van der Waals surface area contributed by atoms with E-state index in [0.29, 0.717) is 18.1 Å². The van der Waals surface area contributed by atoms with Crippen LogP contribution >= 0.6 is 0 Å². The molecule has 2 N–H and O–H groups in total. The van der Waals surface area contributed by atoms with E-state index in [2.05, 4.69) is 39.7 Å². The quantitative estimate of drug-likeness (QED) is 0.707. The van der Waals surface area contributed by atoms with E-state index in [1.54, 1.807) is 6.20 Å². The summed E-state index contributed by atoms with van der Waals surface area (Å²) in [5.41, 5.74) is 4.75. The van der Waals surface area contributed by atoms with E-state index in [-0.39, 0.29) is 5.91 Å². The highest BCUT2D eigenvalue weighted by atomic mass is 16.1. The third-order valence-electron chi connectivity index (χ3n) is 4.09. The molecule has 0 aliphatic heterocycles. The fraction of sp³-hybridized carbons (Fsp3) is 0.190. The molecule has 0 saturated carbocycles. The molecule has 1 heterocycles. The molecule has 0 spiro atoms. The molecule has 0 fully saturated rings. The van der Waals surface area contributed by atoms with Gasteiger partial charge in [-0.25, -0.2) is 9.97 Å². The van der Waals surface area contributed by atoms with Gasteiger partial charge in [0, 0.05) is 12.2 Å². The van der Waals surface area contributed by atoms with Gasteiger partial charge in [-0.1, -0.05) is 48.9 Å². The lowest BCUT2D eigenvalue weighted by Crippen LogP contribution is -2.24. The number of hydrogen-bond donors (Lipinski definition) is 2. The second-order valence-electron chi connectivity index (χ2n) is 6.13. The number of aromatic nitrogens is 2. The molecule has 0 bridgehead atoms. The van der Waals surface area contributed by atoms with Crippen molar-refractivity contribution >= 4 is 17.4 Å². The molecule has 26 heavy (non-hydrogen) atoms. The van der Waals surface area contributed by atoms with E-state index >= 15 is 0 Å². The number of benzene rings is 2. The second-order valence-corrected chi connectivity index (χ2v) is 6.13. The number of nitrogens with zero attached hydrogens (tertiary/aromatic N) is 2. The number of anilines is 2. The first-order chi connectivity index (χ1) is 12.6. The maximum atomic E-state index is 12.2. The van der Waals surface area contributed by atoms with Crippen molar-refractivity contribution in [3.8, 4) is 0 Å². The third kappa shape index (κ3) is 4.66. The Hall–Kier alpha value is -3.21. The van der Waals surface area contributed by atoms with Gasteiger partial charge < -0.3 is 10.6 Å². The van der Waals surface area contributed by atoms with Gasteiger partial charge in [-0.3, -0.25) is 4.79 Å². The lowest BCUT2D eigenvalue weighted by atomic mass is 10.1. The first-order valence-electron chi connectivity index (χ1n) is 8.66. The fourth-order valence-electron chi connectivity index (χ4n) is 2.46. The lowest BCUT2D eigenvalue weighted by Gasteiger charge is -2.08. The zero-order valence-electron chi connectivity index (χ0n) is 15.0. The average molecular weight is 346 g/mol. The molecule has 0 saturated heterocycles. The summed E-state index contributed by atoms with van der Waals surface area (Å²) < 4.78 is 0. The van der Waals surface area contributed by atoms with E-state index < -0.39 is 0 Å². The zero-order valence-corrected chi connectivity index (χ0v) is 15.0. The topological polar surface area (TPSA) is 66.9 Å². The van der Waals surface area contributed by atoms with Crippen molar-refractivity contribution in [3.05, 3.63) is 83.3 Å². The van der Waals surface area contributed by atoms with Crippen LogP contribution in [0.4, 0.5) is 11.5 Å². The van der Waals surface area contributed by atoms with Crippen LogP contribution in [0.2, 0.25) is 0 Å². The highest BCUT2D eigenvalue weighted by Crippen LogP contribution is 2.15. The predicted octanol–water partition coefficient (Wildman–Crippen LogP) is 4.02. The van der Waals surface area contributed by atoms with E-state index in [9.17, 15) is 4.79 Å². The van der Waals surface area contributed by atoms with Crippen molar-refractivity contribution in [2.45, 2.75) is 26.8 Å². The molecule has 0 aliphatic rings. The fourth-order valence-corrected chi connectivity index (χ4v) is 2.46. The molecule has 3 rings (SSSR count). The van der Waals surface area contributed by atoms with E-state index in [0.717, 1.165) is 17.7 Å². The van der Waals surface area contributed by atoms with Crippen molar-refractivity contribution in [2.24, 2.45) is 0 Å². The summed E-state index contributed by atoms with van der Waals surface area (Å²) in [6.45, 7) is 4.62. The summed E-state index contributed by atoms with van der Waals surface area (Å²) in [5, 5.41) is 6.03. The van der Waals surface area contributed by atoms with Crippen LogP contribution in [-0.4, -0.2) is 15.9 Å². The van der Waals surface area contributed by atoms with Gasteiger partial charge >= 0.3 is 0 Å². The minimum Gasteiger partial charge on any atom is -0.347 e. The number of amides is 1. The van der Waals surface area contributed by atoms with Gasteiger partial charge in [-0.05, 0) is 36.6 Å². The summed E-state index contributed by atoms with van der Waals surface area (Å²) in [6.07, 6.45) is 4.05. The molecule has 0 unspecified atom stereocenters. The Morgan fingerprint density at radius 2 is 1.62 bits per heavy atom. The van der Waals surface area contributed by atoms with Crippen molar-refractivity contribution in [2.75, 3.05) is 5.32 Å². The van der Waals surface area contributed by atoms with Gasteiger partial charge in [0.1, 0.15) is 11.5 Å². The van der Waals surface area contributed by atoms with Crippen LogP contribution < -0.4 is 10.6 Å². The Balaban J connectivity index is 1.57. The van der Waals surface area contributed by atoms with Crippen molar-refractivity contribution in [1.29, 1.82) is 0 Å². The summed E-state index contributed by atoms with van der Waals surface area (Å²) in [7, 11) is 0. The second kappa shape index (κ2) is 8.25. The molecule has 0 atom stereocenters. The molecule has 3 aromatic rings. The van der Waals surface area contributed by atoms with Crippen LogP contribution in [-0.2, 0) is 13.0 Å². The van der Waals surface area contributed by atoms with Gasteiger partial charge in [0.2, 0.25) is 0 Å². The maximum Gasteiger partial charge on any atom is 0.271 e. The normalized spacial score (nSPS) is 10.4. The maximum absolute atomic E-state index is 12.2. The highest BCUT2D eigenvalue weighted by molar-refractivity contribution is 5.92. The van der Waals surface area contributed by atoms with Crippen LogP contribution in [0, 0.1) is 6.92 Å². The first kappa shape index (κ1) is 17.6. The monoisotopic (exact) mass is 346 g/mol. The number of hydrogen-bond acceptors (Lipinski definition) is 4. The standard InChI is InChI=1S/C21H22N4O/c1-3-16-8-10-18(11-9-16)25-20-14-22-19(13-23-20)21(26)24-12-17-6-4-15(2)5-7-17/h4-11,13-14H,3,12H2,1-2H3,(H,23,25)(H,24,26). The third-order valence-corrected chi connectivity index (χ3v) is 4.09. The summed E-state index contributed by atoms with van der Waals surface area (Å²) in [5.74, 6) is 0.362. The van der Waals surface area contributed by atoms with Crippen LogP contribution in [0.1, 0.15) is 34.1 Å². The van der Waals surface area contributed by atoms with Gasteiger partial charge in [0.25, 0.3) is 5.91 Å². The summed E-state index contributed by atoms with van der Waals surface area (Å²) in [6, 6.07) is 16.2. The minimum atomic E-state index is -0.239. The van der Waals surface area contributed by atoms with E-state index in [1.807, 2.05) is 43.3 Å². The smallest absolute Gasteiger partial charge is 0.271 e. The Morgan fingerprint density at radius 1 is 0.923 bits per heavy atom. The Kier molecular flexibility index (Phi) is 5.59. The summed E-state index contributed by atoms with van der Waals surface area (Å²) >= 11 is 0. The van der Waals surface area contributed by atoms with Gasteiger partial charge in [0.05, 0.1) is 12.4 Å². The number of nitrogens with one attached hydrogen (secondary N) is 2. The number of rotatable bonds is 6. The lowest BCUT2D eigenvalue weighted by molar-refractivity contribution is 0.0945. The molecule has 1 amide bonds. The molecule has 2 aromatic carbocycles. The number of carbonyl (C=O) groups is 1. The van der Waals surface area contributed by atoms with Gasteiger partial charge in [-0.15, -0.1) is 0 Å². The molecule has 0 aliphatic carbocycles. The molecule has 5 heteroatoms. The average Bonchev–Trinajstić information content (AvgIpc) is 2.68. The minimum absolute atomic E-state index is 0.239. The molecular weight excluding hydrogens is 324 g/mol. The molecule has 132 valence electrons. The van der Waals surface area contributed by atoms with Crippen molar-refractivity contribution in [3.63, 3.8) is 0 Å². The van der Waals surface area contributed by atoms with Crippen molar-refractivity contribution in [1.82, 2.24) is 15.3 Å². The molecular formula is C21H22N4O. The van der Waals surface area contributed by atoms with Gasteiger partial charge in [0.15, 0.2) is 0 Å². The summed E-state index contributed by atoms with van der Waals surface area (Å²) in [4.78, 5) is 20.7. The van der Waals surface area contributed by atoms with E-state index in [4.69, 9.17) is 0 Å². The SMILES string of the molecule is CCc1ccc(Nc2cnc(C(=O)NCc3ccc(C)cc3)cn2)cc1. The molecule has 5 nitrogen and oxygen atoms in total. The largest absolute Gasteiger partial charge is 0.347 e. The van der Waals surface area contributed by atoms with Crippen LogP contribution in [0.3, 0.4) is 0 Å². The molecule has 0 radical (unpaired) electrons. The Morgan fingerprint density at radius 3 is 2.23 bits per heavy atom. The Labute approximate surface area is 153 Å². The van der Waals surface area contributed by atoms with Gasteiger partial charge in [-0.2, -0.15) is 0 Å². The Bertz CT molecular complexity index is 856. The van der Waals surface area contributed by atoms with Crippen LogP contribution in [0.15, 0.2) is 60.9 Å². The van der Waals surface area contributed by atoms with Crippen LogP contribution in [0.25, 0.3) is 0 Å². The van der Waals surface area contributed by atoms with Crippen molar-refractivity contribution < 1.29 is 4.79 Å². The van der Waals surface area contributed by atoms with Crippen LogP contribution in [0.5, 0.6) is 0 Å². The number of aryl methyl sites for hydroxylation is 2. The highest BCUT2D eigenvalue weighted by Gasteiger charge is 2.08. The zero-order chi connectivity index (χ0) is 18.4. The van der Waals surface area contributed by atoms with E-state index in [1.165, 1.54) is 17.3 Å². The number of carbonyl (C=O) groups excluding carboxylic acids is 1. The predicted molar refractivity (Wildman–Crippen MR) is 103 cm³/mol.